The molecule has 0 amide bonds. The first-order valence-electron chi connectivity index (χ1n) is 20.8. The molecule has 8 aromatic carbocycles. The van der Waals surface area contributed by atoms with Crippen LogP contribution in [0.15, 0.2) is 177 Å². The zero-order valence-corrected chi connectivity index (χ0v) is 34.4. The highest BCUT2D eigenvalue weighted by Gasteiger charge is 2.42. The first-order chi connectivity index (χ1) is 30.0. The van der Waals surface area contributed by atoms with E-state index in [1.165, 1.54) is 5.56 Å². The molecule has 1 heterocycles. The molecule has 61 heavy (non-hydrogen) atoms. The third-order valence-corrected chi connectivity index (χ3v) is 11.7. The van der Waals surface area contributed by atoms with Crippen molar-refractivity contribution in [2.75, 3.05) is 26.4 Å². The van der Waals surface area contributed by atoms with E-state index in [2.05, 4.69) is 141 Å². The van der Waals surface area contributed by atoms with Crippen LogP contribution in [0, 0.1) is 0 Å². The Bertz CT molecular complexity index is 2660. The maximum Gasteiger partial charge on any atom is 0.132 e. The molecule has 5 heteroatoms. The van der Waals surface area contributed by atoms with Gasteiger partial charge in [-0.2, -0.15) is 0 Å². The quantitative estimate of drug-likeness (QED) is 0.0911. The molecule has 0 N–H and O–H groups in total. The van der Waals surface area contributed by atoms with E-state index in [0.717, 1.165) is 89.1 Å². The number of ether oxygens (including phenoxy) is 5. The summed E-state index contributed by atoms with van der Waals surface area (Å²) in [5, 5.41) is 4.34. The van der Waals surface area contributed by atoms with Crippen LogP contribution in [0.4, 0.5) is 0 Å². The van der Waals surface area contributed by atoms with Crippen LogP contribution in [0.25, 0.3) is 44.8 Å². The highest BCUT2D eigenvalue weighted by atomic mass is 16.5. The lowest BCUT2D eigenvalue weighted by Gasteiger charge is -2.40. The summed E-state index contributed by atoms with van der Waals surface area (Å²) in [5.41, 5.74) is 9.43. The minimum absolute atomic E-state index is 0.421. The fourth-order valence-corrected chi connectivity index (χ4v) is 8.41. The number of fused-ring (bicyclic) bond motifs is 6. The van der Waals surface area contributed by atoms with Crippen molar-refractivity contribution in [2.24, 2.45) is 0 Å². The van der Waals surface area contributed by atoms with Gasteiger partial charge in [0.1, 0.15) is 36.2 Å². The summed E-state index contributed by atoms with van der Waals surface area (Å²) in [7, 11) is 0. The van der Waals surface area contributed by atoms with Crippen LogP contribution in [0.2, 0.25) is 0 Å². The van der Waals surface area contributed by atoms with Crippen molar-refractivity contribution in [3.05, 3.63) is 216 Å². The molecule has 0 saturated carbocycles. The topological polar surface area (TPSA) is 46.2 Å². The lowest BCUT2D eigenvalue weighted by molar-refractivity contribution is 0.0889. The SMILES string of the molecule is C=Cc1ccc(COCCOc2ccc3ccc4c(c3c2)C(C)(c2ccc(-c3ccccc3)cc2)c2c(ccc3ccc(OCCOCc5ccc(C=C)cc5)cc23)O4)cc1. The van der Waals surface area contributed by atoms with Crippen molar-refractivity contribution in [1.29, 1.82) is 0 Å². The van der Waals surface area contributed by atoms with Crippen LogP contribution in [0.5, 0.6) is 23.0 Å². The zero-order valence-electron chi connectivity index (χ0n) is 34.4. The highest BCUT2D eigenvalue weighted by molar-refractivity contribution is 5.97. The summed E-state index contributed by atoms with van der Waals surface area (Å²) in [5.74, 6) is 3.19. The normalized spacial score (nSPS) is 12.6. The largest absolute Gasteiger partial charge is 0.491 e. The Morgan fingerprint density at radius 1 is 0.492 bits per heavy atom. The Hall–Kier alpha value is -6.92. The molecule has 1 aliphatic rings. The number of rotatable bonds is 16. The maximum absolute atomic E-state index is 6.89. The summed E-state index contributed by atoms with van der Waals surface area (Å²) in [6.45, 7) is 12.8. The van der Waals surface area contributed by atoms with Crippen molar-refractivity contribution in [2.45, 2.75) is 25.6 Å². The van der Waals surface area contributed by atoms with Gasteiger partial charge in [0.05, 0.1) is 31.8 Å². The van der Waals surface area contributed by atoms with Gasteiger partial charge in [0.2, 0.25) is 0 Å². The van der Waals surface area contributed by atoms with Crippen LogP contribution in [0.3, 0.4) is 0 Å². The smallest absolute Gasteiger partial charge is 0.132 e. The van der Waals surface area contributed by atoms with Gasteiger partial charge in [-0.05, 0) is 104 Å². The van der Waals surface area contributed by atoms with E-state index in [-0.39, 0.29) is 0 Å². The predicted molar refractivity (Wildman–Crippen MR) is 249 cm³/mol. The minimum Gasteiger partial charge on any atom is -0.491 e. The van der Waals surface area contributed by atoms with Crippen molar-refractivity contribution in [3.8, 4) is 34.1 Å². The van der Waals surface area contributed by atoms with Gasteiger partial charge in [-0.1, -0.05) is 153 Å². The van der Waals surface area contributed by atoms with E-state index in [1.54, 1.807) is 0 Å². The summed E-state index contributed by atoms with van der Waals surface area (Å²) >= 11 is 0. The molecule has 302 valence electrons. The monoisotopic (exact) mass is 800 g/mol. The lowest BCUT2D eigenvalue weighted by atomic mass is 9.66. The van der Waals surface area contributed by atoms with E-state index < -0.39 is 5.41 Å². The number of hydrogen-bond donors (Lipinski definition) is 0. The Labute approximate surface area is 358 Å². The Morgan fingerprint density at radius 3 is 1.43 bits per heavy atom. The van der Waals surface area contributed by atoms with Crippen LogP contribution < -0.4 is 14.2 Å². The van der Waals surface area contributed by atoms with Crippen LogP contribution in [-0.2, 0) is 28.1 Å². The van der Waals surface area contributed by atoms with Crippen molar-refractivity contribution in [1.82, 2.24) is 0 Å². The molecule has 0 unspecified atom stereocenters. The first kappa shape index (κ1) is 39.5. The summed E-state index contributed by atoms with van der Waals surface area (Å²) in [4.78, 5) is 0. The molecule has 0 bridgehead atoms. The number of benzene rings is 8. The second-order valence-corrected chi connectivity index (χ2v) is 15.5. The maximum atomic E-state index is 6.89. The molecule has 0 saturated heterocycles. The Balaban J connectivity index is 1.04. The fourth-order valence-electron chi connectivity index (χ4n) is 8.41. The third kappa shape index (κ3) is 8.31. The molecule has 0 atom stereocenters. The van der Waals surface area contributed by atoms with Gasteiger partial charge in [-0.15, -0.1) is 0 Å². The average molecular weight is 801 g/mol. The molecule has 0 aromatic heterocycles. The molecule has 0 radical (unpaired) electrons. The van der Waals surface area contributed by atoms with Gasteiger partial charge in [-0.3, -0.25) is 0 Å². The summed E-state index contributed by atoms with van der Waals surface area (Å²) in [6.07, 6.45) is 3.68. The molecule has 9 rings (SSSR count). The van der Waals surface area contributed by atoms with Gasteiger partial charge in [0.15, 0.2) is 0 Å². The van der Waals surface area contributed by atoms with E-state index in [0.29, 0.717) is 39.6 Å². The molecule has 0 aliphatic carbocycles. The predicted octanol–water partition coefficient (Wildman–Crippen LogP) is 13.6. The second kappa shape index (κ2) is 17.7. The Morgan fingerprint density at radius 2 is 0.951 bits per heavy atom. The van der Waals surface area contributed by atoms with E-state index in [1.807, 2.05) is 54.6 Å². The lowest BCUT2D eigenvalue weighted by Crippen LogP contribution is -2.30. The molecule has 0 fully saturated rings. The van der Waals surface area contributed by atoms with E-state index in [9.17, 15) is 0 Å². The number of hydrogen-bond acceptors (Lipinski definition) is 5. The summed E-state index contributed by atoms with van der Waals surface area (Å²) < 4.78 is 31.6. The Kier molecular flexibility index (Phi) is 11.5. The van der Waals surface area contributed by atoms with Gasteiger partial charge in [0, 0.05) is 11.1 Å². The third-order valence-electron chi connectivity index (χ3n) is 11.7. The van der Waals surface area contributed by atoms with Gasteiger partial charge >= 0.3 is 0 Å². The molecule has 0 spiro atoms. The average Bonchev–Trinajstić information content (AvgIpc) is 3.31. The van der Waals surface area contributed by atoms with Gasteiger partial charge in [-0.25, -0.2) is 0 Å². The molecule has 8 aromatic rings. The molecular weight excluding hydrogens is 753 g/mol. The minimum atomic E-state index is -0.636. The standard InChI is InChI=1S/C56H48O5/c1-4-39-11-15-41(16-12-39)37-57-31-33-59-48-27-21-45-23-29-52-54(50(45)35-48)56(3,47-25-19-44(20-26-47)43-9-7-6-8-10-43)55-51-36-49(28-22-46(51)24-30-53(55)61-52)60-34-32-58-38-42-17-13-40(5-2)14-18-42/h4-30,35-36H,1-2,31-34,37-38H2,3H3. The summed E-state index contributed by atoms with van der Waals surface area (Å²) in [6, 6.07) is 57.1. The van der Waals surface area contributed by atoms with Crippen LogP contribution >= 0.6 is 0 Å². The van der Waals surface area contributed by atoms with Gasteiger partial charge in [0.25, 0.3) is 0 Å². The van der Waals surface area contributed by atoms with E-state index in [4.69, 9.17) is 23.7 Å². The van der Waals surface area contributed by atoms with Gasteiger partial charge < -0.3 is 23.7 Å². The van der Waals surface area contributed by atoms with Crippen molar-refractivity contribution >= 4 is 33.7 Å². The molecule has 5 nitrogen and oxygen atoms in total. The van der Waals surface area contributed by atoms with Crippen molar-refractivity contribution in [3.63, 3.8) is 0 Å². The zero-order chi connectivity index (χ0) is 41.6. The van der Waals surface area contributed by atoms with Crippen LogP contribution in [0.1, 0.15) is 45.9 Å². The van der Waals surface area contributed by atoms with Crippen molar-refractivity contribution < 1.29 is 23.7 Å². The highest BCUT2D eigenvalue weighted by Crippen LogP contribution is 2.56. The molecular formula is C56H48O5. The molecule has 1 aliphatic heterocycles. The second-order valence-electron chi connectivity index (χ2n) is 15.5. The van der Waals surface area contributed by atoms with E-state index >= 15 is 0 Å². The van der Waals surface area contributed by atoms with Crippen LogP contribution in [-0.4, -0.2) is 26.4 Å². The fraction of sp³-hybridized carbons (Fsp3) is 0.143. The first-order valence-corrected chi connectivity index (χ1v) is 20.8.